The Balaban J connectivity index is 3.07. The lowest BCUT2D eigenvalue weighted by Gasteiger charge is -2.27. The van der Waals surface area contributed by atoms with Crippen LogP contribution in [0.4, 0.5) is 4.79 Å². The van der Waals surface area contributed by atoms with Crippen LogP contribution in [0, 0.1) is 0 Å². The van der Waals surface area contributed by atoms with Gasteiger partial charge in [-0.05, 0) is 25.0 Å². The second-order valence-corrected chi connectivity index (χ2v) is 5.62. The van der Waals surface area contributed by atoms with Gasteiger partial charge in [0.1, 0.15) is 19.0 Å². The van der Waals surface area contributed by atoms with Gasteiger partial charge in [0.05, 0.1) is 0 Å². The highest BCUT2D eigenvalue weighted by molar-refractivity contribution is 6.35. The van der Waals surface area contributed by atoms with Gasteiger partial charge in [-0.2, -0.15) is 0 Å². The number of rotatable bonds is 9. The van der Waals surface area contributed by atoms with Crippen LogP contribution in [0.3, 0.4) is 0 Å². The number of carbonyl (C=O) groups is 1. The first-order chi connectivity index (χ1) is 10.5. The fraction of sp³-hybridized carbons (Fsp3) is 0.533. The number of hydrogen-bond acceptors (Lipinski definition) is 4. The average molecular weight is 350 g/mol. The van der Waals surface area contributed by atoms with Gasteiger partial charge < -0.3 is 19.9 Å². The molecule has 1 amide bonds. The van der Waals surface area contributed by atoms with Crippen molar-refractivity contribution in [2.24, 2.45) is 5.73 Å². The Labute approximate surface area is 140 Å². The number of primary amides is 1. The smallest absolute Gasteiger partial charge is 0.404 e. The maximum absolute atomic E-state index is 11.2. The Kier molecular flexibility index (Phi) is 8.56. The van der Waals surface area contributed by atoms with Crippen LogP contribution in [0.1, 0.15) is 37.9 Å². The van der Waals surface area contributed by atoms with Crippen LogP contribution in [0.15, 0.2) is 18.2 Å². The van der Waals surface area contributed by atoms with E-state index < -0.39 is 18.3 Å². The second-order valence-electron chi connectivity index (χ2n) is 4.78. The van der Waals surface area contributed by atoms with Crippen LogP contribution in [0.2, 0.25) is 10.0 Å². The molecule has 0 bridgehead atoms. The largest absolute Gasteiger partial charge is 0.443 e. The fourth-order valence-corrected chi connectivity index (χ4v) is 2.61. The van der Waals surface area contributed by atoms with Gasteiger partial charge >= 0.3 is 6.09 Å². The van der Waals surface area contributed by atoms with E-state index in [1.807, 2.05) is 6.92 Å². The second kappa shape index (κ2) is 9.90. The highest BCUT2D eigenvalue weighted by Gasteiger charge is 2.28. The molecule has 0 unspecified atom stereocenters. The standard InChI is InChI=1S/C15H21Cl2NO4/c1-3-4-5-13(22-15(18)19)14(21-9-20-2)11-7-6-10(16)8-12(11)17/h6-8,13-14H,3-5,9H2,1-2H3,(H2,18,19)/t13-,14-/m0/s1. The summed E-state index contributed by atoms with van der Waals surface area (Å²) in [4.78, 5) is 11.2. The molecule has 0 aliphatic rings. The van der Waals surface area contributed by atoms with Gasteiger partial charge in [-0.1, -0.05) is 42.6 Å². The number of nitrogens with two attached hydrogens (primary N) is 1. The number of ether oxygens (including phenoxy) is 3. The predicted octanol–water partition coefficient (Wildman–Crippen LogP) is 4.31. The van der Waals surface area contributed by atoms with Crippen molar-refractivity contribution in [2.45, 2.75) is 38.4 Å². The SMILES string of the molecule is CCCC[C@H](OC(N)=O)[C@@H](OCOC)c1ccc(Cl)cc1Cl. The van der Waals surface area contributed by atoms with E-state index in [0.717, 1.165) is 12.8 Å². The molecule has 124 valence electrons. The number of unbranched alkanes of at least 4 members (excludes halogenated alkanes) is 1. The normalized spacial score (nSPS) is 13.6. The minimum absolute atomic E-state index is 0.0361. The third kappa shape index (κ3) is 6.01. The molecule has 2 atom stereocenters. The predicted molar refractivity (Wildman–Crippen MR) is 86.1 cm³/mol. The number of benzene rings is 1. The zero-order valence-corrected chi connectivity index (χ0v) is 14.2. The highest BCUT2D eigenvalue weighted by Crippen LogP contribution is 2.33. The van der Waals surface area contributed by atoms with Crippen molar-refractivity contribution in [3.8, 4) is 0 Å². The van der Waals surface area contributed by atoms with E-state index >= 15 is 0 Å². The summed E-state index contributed by atoms with van der Waals surface area (Å²) in [6.07, 6.45) is 0.430. The van der Waals surface area contributed by atoms with E-state index in [9.17, 15) is 4.79 Å². The number of carbonyl (C=O) groups excluding carboxylic acids is 1. The van der Waals surface area contributed by atoms with E-state index in [1.165, 1.54) is 7.11 Å². The van der Waals surface area contributed by atoms with Gasteiger partial charge in [0.2, 0.25) is 0 Å². The molecule has 0 fully saturated rings. The molecule has 1 aromatic rings. The molecular weight excluding hydrogens is 329 g/mol. The Hall–Kier alpha value is -1.01. The van der Waals surface area contributed by atoms with E-state index in [0.29, 0.717) is 22.0 Å². The lowest BCUT2D eigenvalue weighted by atomic mass is 9.99. The molecule has 0 aliphatic carbocycles. The van der Waals surface area contributed by atoms with Crippen LogP contribution in [-0.4, -0.2) is 26.1 Å². The van der Waals surface area contributed by atoms with E-state index in [2.05, 4.69) is 0 Å². The van der Waals surface area contributed by atoms with Gasteiger partial charge in [0, 0.05) is 22.7 Å². The molecule has 1 aromatic carbocycles. The molecule has 5 nitrogen and oxygen atoms in total. The minimum Gasteiger partial charge on any atom is -0.443 e. The molecule has 2 N–H and O–H groups in total. The Bertz CT molecular complexity index is 485. The van der Waals surface area contributed by atoms with E-state index in [4.69, 9.17) is 43.1 Å². The summed E-state index contributed by atoms with van der Waals surface area (Å²) < 4.78 is 15.8. The maximum atomic E-state index is 11.2. The van der Waals surface area contributed by atoms with Crippen LogP contribution < -0.4 is 5.73 Å². The number of amides is 1. The number of methoxy groups -OCH3 is 1. The van der Waals surface area contributed by atoms with Crippen LogP contribution in [0.25, 0.3) is 0 Å². The van der Waals surface area contributed by atoms with Crippen molar-refractivity contribution in [2.75, 3.05) is 13.9 Å². The Morgan fingerprint density at radius 1 is 1.36 bits per heavy atom. The first kappa shape index (κ1) is 19.0. The fourth-order valence-electron chi connectivity index (χ4n) is 2.10. The topological polar surface area (TPSA) is 70.8 Å². The zero-order valence-electron chi connectivity index (χ0n) is 12.7. The average Bonchev–Trinajstić information content (AvgIpc) is 2.45. The molecule has 0 radical (unpaired) electrons. The summed E-state index contributed by atoms with van der Waals surface area (Å²) >= 11 is 12.2. The first-order valence-corrected chi connectivity index (χ1v) is 7.76. The van der Waals surface area contributed by atoms with Crippen LogP contribution in [0.5, 0.6) is 0 Å². The van der Waals surface area contributed by atoms with Crippen LogP contribution in [-0.2, 0) is 14.2 Å². The first-order valence-electron chi connectivity index (χ1n) is 7.01. The third-order valence-electron chi connectivity index (χ3n) is 3.08. The summed E-state index contributed by atoms with van der Waals surface area (Å²) in [6.45, 7) is 2.08. The van der Waals surface area contributed by atoms with Crippen LogP contribution >= 0.6 is 23.2 Å². The van der Waals surface area contributed by atoms with Gasteiger partial charge in [0.25, 0.3) is 0 Å². The molecule has 0 aliphatic heterocycles. The van der Waals surface area contributed by atoms with E-state index in [1.54, 1.807) is 18.2 Å². The van der Waals surface area contributed by atoms with E-state index in [-0.39, 0.29) is 6.79 Å². The Morgan fingerprint density at radius 2 is 2.09 bits per heavy atom. The molecule has 0 heterocycles. The van der Waals surface area contributed by atoms with Gasteiger partial charge in [0.15, 0.2) is 0 Å². The highest BCUT2D eigenvalue weighted by atomic mass is 35.5. The lowest BCUT2D eigenvalue weighted by Crippen LogP contribution is -2.30. The number of halogens is 2. The van der Waals surface area contributed by atoms with Crippen molar-refractivity contribution >= 4 is 29.3 Å². The summed E-state index contributed by atoms with van der Waals surface area (Å²) in [5.41, 5.74) is 5.84. The molecular formula is C15H21Cl2NO4. The minimum atomic E-state index is -0.850. The zero-order chi connectivity index (χ0) is 16.5. The van der Waals surface area contributed by atoms with Gasteiger partial charge in [-0.25, -0.2) is 4.79 Å². The molecule has 1 rings (SSSR count). The summed E-state index contributed by atoms with van der Waals surface area (Å²) in [5, 5.41) is 0.948. The third-order valence-corrected chi connectivity index (χ3v) is 3.64. The van der Waals surface area contributed by atoms with Gasteiger partial charge in [-0.3, -0.25) is 0 Å². The van der Waals surface area contributed by atoms with Crippen molar-refractivity contribution in [3.05, 3.63) is 33.8 Å². The van der Waals surface area contributed by atoms with Crippen molar-refractivity contribution in [1.29, 1.82) is 0 Å². The van der Waals surface area contributed by atoms with Crippen molar-refractivity contribution < 1.29 is 19.0 Å². The molecule has 7 heteroatoms. The molecule has 0 spiro atoms. The van der Waals surface area contributed by atoms with Crippen molar-refractivity contribution in [3.63, 3.8) is 0 Å². The summed E-state index contributed by atoms with van der Waals surface area (Å²) in [7, 11) is 1.51. The lowest BCUT2D eigenvalue weighted by molar-refractivity contribution is -0.117. The molecule has 0 saturated carbocycles. The summed E-state index contributed by atoms with van der Waals surface area (Å²) in [5.74, 6) is 0. The molecule has 0 aromatic heterocycles. The summed E-state index contributed by atoms with van der Waals surface area (Å²) in [6, 6.07) is 5.06. The van der Waals surface area contributed by atoms with Crippen molar-refractivity contribution in [1.82, 2.24) is 0 Å². The maximum Gasteiger partial charge on any atom is 0.404 e. The number of hydrogen-bond donors (Lipinski definition) is 1. The molecule has 0 saturated heterocycles. The Morgan fingerprint density at radius 3 is 2.64 bits per heavy atom. The monoisotopic (exact) mass is 349 g/mol. The molecule has 22 heavy (non-hydrogen) atoms. The van der Waals surface area contributed by atoms with Gasteiger partial charge in [-0.15, -0.1) is 0 Å². The quantitative estimate of drug-likeness (QED) is 0.674.